The van der Waals surface area contributed by atoms with E-state index in [1.165, 1.54) is 57.8 Å². The van der Waals surface area contributed by atoms with Crippen molar-refractivity contribution in [1.29, 1.82) is 0 Å². The fourth-order valence-corrected chi connectivity index (χ4v) is 4.21. The van der Waals surface area contributed by atoms with Crippen molar-refractivity contribution < 1.29 is 14.1 Å². The number of carbonyl (C=O) groups is 1. The Hall–Kier alpha value is -2.07. The van der Waals surface area contributed by atoms with E-state index in [1.807, 2.05) is 36.5 Å². The number of carbonyl (C=O) groups excluding carboxylic acids is 1. The molecule has 1 heterocycles. The molecule has 2 aromatic rings. The number of aryl methyl sites for hydroxylation is 1. The van der Waals surface area contributed by atoms with Crippen molar-refractivity contribution in [3.8, 4) is 5.75 Å². The normalized spacial score (nSPS) is 10.9. The fourth-order valence-electron chi connectivity index (χ4n) is 3.98. The summed E-state index contributed by atoms with van der Waals surface area (Å²) >= 11 is 6.50. The summed E-state index contributed by atoms with van der Waals surface area (Å²) in [5.74, 6) is 0.667. The molecular weight excluding hydrogens is 432 g/mol. The molecule has 2 rings (SSSR count). The zero-order valence-corrected chi connectivity index (χ0v) is 21.6. The highest BCUT2D eigenvalue weighted by molar-refractivity contribution is 6.32. The number of halogens is 1. The zero-order chi connectivity index (χ0) is 23.9. The number of pyridine rings is 1. The van der Waals surface area contributed by atoms with Crippen molar-refractivity contribution in [2.45, 2.75) is 98.1 Å². The summed E-state index contributed by atoms with van der Waals surface area (Å²) in [6.07, 6.45) is 17.1. The standard InChI is InChI=1S/C28H42ClN2O2/c1-4-6-7-8-9-10-11-12-13-14-20-33-28-18-17-26(21-27(28)29)31(24(3)32)23-25-16-15-19-30(5-2)22-25/h15-19,21-22H,4-14,20,23H2,1-3H3/q+1. The van der Waals surface area contributed by atoms with Crippen LogP contribution < -0.4 is 14.2 Å². The van der Waals surface area contributed by atoms with Crippen molar-refractivity contribution in [1.82, 2.24) is 0 Å². The van der Waals surface area contributed by atoms with E-state index >= 15 is 0 Å². The first kappa shape index (κ1) is 27.2. The summed E-state index contributed by atoms with van der Waals surface area (Å²) < 4.78 is 8.02. The monoisotopic (exact) mass is 473 g/mol. The van der Waals surface area contributed by atoms with Crippen molar-refractivity contribution in [3.63, 3.8) is 0 Å². The number of ether oxygens (including phenoxy) is 1. The van der Waals surface area contributed by atoms with Crippen LogP contribution >= 0.6 is 11.6 Å². The van der Waals surface area contributed by atoms with Crippen LogP contribution in [0, 0.1) is 0 Å². The van der Waals surface area contributed by atoms with Gasteiger partial charge in [0.15, 0.2) is 12.4 Å². The molecule has 1 amide bonds. The molecule has 0 fully saturated rings. The lowest BCUT2D eigenvalue weighted by Gasteiger charge is -2.21. The number of anilines is 1. The summed E-state index contributed by atoms with van der Waals surface area (Å²) in [5, 5.41) is 0.544. The summed E-state index contributed by atoms with van der Waals surface area (Å²) in [6, 6.07) is 9.66. The Kier molecular flexibility index (Phi) is 12.9. The molecule has 0 unspecified atom stereocenters. The minimum absolute atomic E-state index is 0.0167. The number of nitrogens with zero attached hydrogens (tertiary/aromatic N) is 2. The second kappa shape index (κ2) is 15.7. The molecule has 0 atom stereocenters. The van der Waals surface area contributed by atoms with Crippen molar-refractivity contribution >= 4 is 23.2 Å². The molecule has 0 radical (unpaired) electrons. The summed E-state index contributed by atoms with van der Waals surface area (Å²) in [6.45, 7) is 8.02. The molecule has 0 aliphatic heterocycles. The Morgan fingerprint density at radius 3 is 2.24 bits per heavy atom. The third-order valence-electron chi connectivity index (χ3n) is 5.99. The molecule has 5 heteroatoms. The first-order valence-corrected chi connectivity index (χ1v) is 13.1. The second-order valence-corrected chi connectivity index (χ2v) is 9.20. The van der Waals surface area contributed by atoms with E-state index in [-0.39, 0.29) is 5.91 Å². The number of amides is 1. The first-order valence-electron chi connectivity index (χ1n) is 12.7. The maximum atomic E-state index is 12.3. The molecule has 1 aromatic carbocycles. The molecule has 1 aromatic heterocycles. The number of hydrogen-bond donors (Lipinski definition) is 0. The number of hydrogen-bond acceptors (Lipinski definition) is 2. The molecule has 0 aliphatic rings. The Balaban J connectivity index is 1.77. The Morgan fingerprint density at radius 2 is 1.64 bits per heavy atom. The van der Waals surface area contributed by atoms with Crippen LogP contribution in [0.3, 0.4) is 0 Å². The van der Waals surface area contributed by atoms with Gasteiger partial charge in [0.05, 0.1) is 18.2 Å². The molecule has 4 nitrogen and oxygen atoms in total. The Bertz CT molecular complexity index is 840. The average molecular weight is 474 g/mol. The first-order chi connectivity index (χ1) is 16.0. The Labute approximate surface area is 205 Å². The summed E-state index contributed by atoms with van der Waals surface area (Å²) in [5.41, 5.74) is 1.86. The third kappa shape index (κ3) is 10.2. The topological polar surface area (TPSA) is 33.4 Å². The molecular formula is C28H42ClN2O2+. The molecule has 0 saturated heterocycles. The van der Waals surface area contributed by atoms with Crippen LogP contribution in [0.5, 0.6) is 5.75 Å². The lowest BCUT2D eigenvalue weighted by Crippen LogP contribution is -2.34. The highest BCUT2D eigenvalue weighted by Crippen LogP contribution is 2.30. The average Bonchev–Trinajstić information content (AvgIpc) is 2.81. The third-order valence-corrected chi connectivity index (χ3v) is 6.28. The van der Waals surface area contributed by atoms with Gasteiger partial charge in [0.2, 0.25) is 5.91 Å². The van der Waals surface area contributed by atoms with Crippen molar-refractivity contribution in [3.05, 3.63) is 53.3 Å². The highest BCUT2D eigenvalue weighted by Gasteiger charge is 2.16. The lowest BCUT2D eigenvalue weighted by atomic mass is 10.1. The molecule has 182 valence electrons. The van der Waals surface area contributed by atoms with Gasteiger partial charge in [-0.05, 0) is 37.6 Å². The molecule has 0 spiro atoms. The smallest absolute Gasteiger partial charge is 0.224 e. The van der Waals surface area contributed by atoms with E-state index in [0.717, 1.165) is 24.2 Å². The number of rotatable bonds is 16. The van der Waals surface area contributed by atoms with Gasteiger partial charge in [0.25, 0.3) is 0 Å². The predicted molar refractivity (Wildman–Crippen MR) is 138 cm³/mol. The number of benzene rings is 1. The van der Waals surface area contributed by atoms with Crippen molar-refractivity contribution in [2.75, 3.05) is 11.5 Å². The molecule has 33 heavy (non-hydrogen) atoms. The van der Waals surface area contributed by atoms with Crippen LogP contribution in [0.2, 0.25) is 5.02 Å². The molecule has 0 saturated carbocycles. The molecule has 0 aliphatic carbocycles. The molecule has 0 bridgehead atoms. The van der Waals surface area contributed by atoms with Gasteiger partial charge in [-0.25, -0.2) is 4.57 Å². The quantitative estimate of drug-likeness (QED) is 0.187. The van der Waals surface area contributed by atoms with Crippen LogP contribution in [-0.4, -0.2) is 12.5 Å². The van der Waals surface area contributed by atoms with Gasteiger partial charge in [-0.3, -0.25) is 4.79 Å². The van der Waals surface area contributed by atoms with Crippen molar-refractivity contribution in [2.24, 2.45) is 0 Å². The molecule has 0 N–H and O–H groups in total. The van der Waals surface area contributed by atoms with Crippen LogP contribution in [-0.2, 0) is 17.9 Å². The second-order valence-electron chi connectivity index (χ2n) is 8.79. The van der Waals surface area contributed by atoms with Crippen LogP contribution in [0.15, 0.2) is 42.7 Å². The summed E-state index contributed by atoms with van der Waals surface area (Å²) in [7, 11) is 0. The van der Waals surface area contributed by atoms with Gasteiger partial charge >= 0.3 is 0 Å². The largest absolute Gasteiger partial charge is 0.492 e. The maximum absolute atomic E-state index is 12.3. The van der Waals surface area contributed by atoms with Crippen LogP contribution in [0.25, 0.3) is 0 Å². The number of aromatic nitrogens is 1. The van der Waals surface area contributed by atoms with Gasteiger partial charge in [-0.15, -0.1) is 0 Å². The minimum atomic E-state index is -0.0167. The van der Waals surface area contributed by atoms with E-state index in [1.54, 1.807) is 11.8 Å². The minimum Gasteiger partial charge on any atom is -0.492 e. The fraction of sp³-hybridized carbons (Fsp3) is 0.571. The maximum Gasteiger partial charge on any atom is 0.224 e. The summed E-state index contributed by atoms with van der Waals surface area (Å²) in [4.78, 5) is 14.1. The predicted octanol–water partition coefficient (Wildman–Crippen LogP) is 7.50. The number of unbranched alkanes of at least 4 members (excludes halogenated alkanes) is 9. The van der Waals surface area contributed by atoms with Gasteiger partial charge in [-0.2, -0.15) is 0 Å². The van der Waals surface area contributed by atoms with Gasteiger partial charge in [0, 0.05) is 24.2 Å². The SMILES string of the molecule is CCCCCCCCCCCCOc1ccc(N(Cc2ccc[n+](CC)c2)C(C)=O)cc1Cl. The Morgan fingerprint density at radius 1 is 0.970 bits per heavy atom. The van der Waals surface area contributed by atoms with Gasteiger partial charge in [0.1, 0.15) is 12.3 Å². The zero-order valence-electron chi connectivity index (χ0n) is 20.8. The van der Waals surface area contributed by atoms with Gasteiger partial charge < -0.3 is 9.64 Å². The van der Waals surface area contributed by atoms with E-state index in [9.17, 15) is 4.79 Å². The van der Waals surface area contributed by atoms with E-state index in [2.05, 4.69) is 24.6 Å². The van der Waals surface area contributed by atoms with Crippen LogP contribution in [0.1, 0.15) is 90.5 Å². The van der Waals surface area contributed by atoms with E-state index in [0.29, 0.717) is 23.9 Å². The highest BCUT2D eigenvalue weighted by atomic mass is 35.5. The lowest BCUT2D eigenvalue weighted by molar-refractivity contribution is -0.693. The van der Waals surface area contributed by atoms with E-state index < -0.39 is 0 Å². The van der Waals surface area contributed by atoms with Crippen LogP contribution in [0.4, 0.5) is 5.69 Å². The van der Waals surface area contributed by atoms with Gasteiger partial charge in [-0.1, -0.05) is 76.3 Å². The van der Waals surface area contributed by atoms with E-state index in [4.69, 9.17) is 16.3 Å².